The maximum atomic E-state index is 13.0. The summed E-state index contributed by atoms with van der Waals surface area (Å²) in [6.07, 6.45) is 1.50. The monoisotopic (exact) mass is 481 g/mol. The Labute approximate surface area is 198 Å². The number of halogens is 2. The molecule has 1 amide bonds. The summed E-state index contributed by atoms with van der Waals surface area (Å²) in [6, 6.07) is 16.0. The van der Waals surface area contributed by atoms with Gasteiger partial charge in [0.15, 0.2) is 18.1 Å². The number of rotatable bonds is 8. The fourth-order valence-corrected chi connectivity index (χ4v) is 3.24. The second kappa shape index (κ2) is 10.9. The number of anilines is 1. The van der Waals surface area contributed by atoms with Crippen molar-refractivity contribution < 1.29 is 23.6 Å². The molecule has 0 aromatic heterocycles. The number of nitrogens with zero attached hydrogens (tertiary/aromatic N) is 2. The highest BCUT2D eigenvalue weighted by molar-refractivity contribution is 6.32. The summed E-state index contributed by atoms with van der Waals surface area (Å²) in [7, 11) is 1.39. The van der Waals surface area contributed by atoms with Crippen molar-refractivity contribution in [1.82, 2.24) is 0 Å². The Morgan fingerprint density at radius 2 is 1.97 bits per heavy atom. The molecule has 0 aliphatic heterocycles. The summed E-state index contributed by atoms with van der Waals surface area (Å²) >= 11 is 6.33. The van der Waals surface area contributed by atoms with E-state index in [4.69, 9.17) is 21.1 Å². The van der Waals surface area contributed by atoms with Gasteiger partial charge in [0, 0.05) is 17.8 Å². The van der Waals surface area contributed by atoms with E-state index < -0.39 is 16.6 Å². The number of nitriles is 1. The number of methoxy groups -OCH3 is 1. The van der Waals surface area contributed by atoms with Gasteiger partial charge in [0.25, 0.3) is 11.6 Å². The van der Waals surface area contributed by atoms with Crippen LogP contribution in [0.15, 0.2) is 60.7 Å². The van der Waals surface area contributed by atoms with Crippen LogP contribution in [0.2, 0.25) is 5.02 Å². The molecule has 8 nitrogen and oxygen atoms in total. The predicted octanol–water partition coefficient (Wildman–Crippen LogP) is 5.48. The molecular weight excluding hydrogens is 465 g/mol. The molecule has 3 aromatic rings. The highest BCUT2D eigenvalue weighted by Crippen LogP contribution is 2.37. The van der Waals surface area contributed by atoms with Crippen LogP contribution < -0.4 is 14.8 Å². The average molecular weight is 482 g/mol. The third-order valence-electron chi connectivity index (χ3n) is 4.53. The Morgan fingerprint density at radius 3 is 2.62 bits per heavy atom. The number of nitrogens with one attached hydrogen (secondary N) is 1. The summed E-state index contributed by atoms with van der Waals surface area (Å²) in [5, 5.41) is 23.3. The van der Waals surface area contributed by atoms with Crippen LogP contribution in [0.3, 0.4) is 0 Å². The lowest BCUT2D eigenvalue weighted by Crippen LogP contribution is -2.20. The standard InChI is InChI=1S/C24H17ClFN3O5/c1-33-22-11-15(9-17(13-27)16-3-2-4-20(12-16)29(31)32)10-21(25)24(22)34-14-23(30)28-19-7-5-18(26)6-8-19/h2-12H,14H2,1H3,(H,28,30). The van der Waals surface area contributed by atoms with Crippen LogP contribution in [0.5, 0.6) is 11.5 Å². The van der Waals surface area contributed by atoms with Crippen molar-refractivity contribution in [3.8, 4) is 17.6 Å². The second-order valence-corrected chi connectivity index (χ2v) is 7.26. The minimum Gasteiger partial charge on any atom is -0.493 e. The van der Waals surface area contributed by atoms with Gasteiger partial charge < -0.3 is 14.8 Å². The van der Waals surface area contributed by atoms with E-state index >= 15 is 0 Å². The van der Waals surface area contributed by atoms with Gasteiger partial charge in [-0.05, 0) is 53.6 Å². The van der Waals surface area contributed by atoms with E-state index in [0.717, 1.165) is 0 Å². The molecule has 0 spiro atoms. The molecule has 0 unspecified atom stereocenters. The SMILES string of the molecule is COc1cc(C=C(C#N)c2cccc([N+](=O)[O-])c2)cc(Cl)c1OCC(=O)Nc1ccc(F)cc1. The third kappa shape index (κ3) is 6.09. The molecule has 0 aliphatic rings. The summed E-state index contributed by atoms with van der Waals surface area (Å²) < 4.78 is 23.8. The van der Waals surface area contributed by atoms with E-state index in [2.05, 4.69) is 5.32 Å². The van der Waals surface area contributed by atoms with Gasteiger partial charge in [-0.1, -0.05) is 23.7 Å². The minimum atomic E-state index is -0.545. The van der Waals surface area contributed by atoms with Crippen molar-refractivity contribution >= 4 is 40.5 Å². The number of non-ortho nitro benzene ring substituents is 1. The van der Waals surface area contributed by atoms with Gasteiger partial charge in [0.05, 0.1) is 28.7 Å². The number of carbonyl (C=O) groups is 1. The van der Waals surface area contributed by atoms with Gasteiger partial charge in [-0.15, -0.1) is 0 Å². The Bertz CT molecular complexity index is 1300. The van der Waals surface area contributed by atoms with Gasteiger partial charge in [0.2, 0.25) is 0 Å². The first kappa shape index (κ1) is 24.2. The Morgan fingerprint density at radius 1 is 1.24 bits per heavy atom. The van der Waals surface area contributed by atoms with Gasteiger partial charge in [-0.3, -0.25) is 14.9 Å². The number of carbonyl (C=O) groups excluding carboxylic acids is 1. The molecule has 0 atom stereocenters. The first-order valence-electron chi connectivity index (χ1n) is 9.73. The highest BCUT2D eigenvalue weighted by atomic mass is 35.5. The minimum absolute atomic E-state index is 0.115. The topological polar surface area (TPSA) is 114 Å². The smallest absolute Gasteiger partial charge is 0.270 e. The zero-order valence-corrected chi connectivity index (χ0v) is 18.5. The number of hydrogen-bond donors (Lipinski definition) is 1. The van der Waals surface area contributed by atoms with Crippen LogP contribution in [-0.4, -0.2) is 24.5 Å². The van der Waals surface area contributed by atoms with E-state index in [1.807, 2.05) is 6.07 Å². The summed E-state index contributed by atoms with van der Waals surface area (Å²) in [5.41, 5.74) is 1.28. The van der Waals surface area contributed by atoms with Crippen molar-refractivity contribution in [2.24, 2.45) is 0 Å². The van der Waals surface area contributed by atoms with Crippen molar-refractivity contribution in [1.29, 1.82) is 5.26 Å². The third-order valence-corrected chi connectivity index (χ3v) is 4.81. The quantitative estimate of drug-likeness (QED) is 0.197. The molecule has 0 heterocycles. The van der Waals surface area contributed by atoms with Crippen molar-refractivity contribution in [2.75, 3.05) is 19.0 Å². The lowest BCUT2D eigenvalue weighted by Gasteiger charge is -2.13. The number of allylic oxidation sites excluding steroid dienone is 1. The first-order valence-corrected chi connectivity index (χ1v) is 10.1. The molecule has 34 heavy (non-hydrogen) atoms. The molecule has 0 saturated carbocycles. The van der Waals surface area contributed by atoms with E-state index in [-0.39, 0.29) is 34.4 Å². The van der Waals surface area contributed by atoms with Gasteiger partial charge >= 0.3 is 0 Å². The predicted molar refractivity (Wildman–Crippen MR) is 125 cm³/mol. The highest BCUT2D eigenvalue weighted by Gasteiger charge is 2.15. The number of amides is 1. The summed E-state index contributed by atoms with van der Waals surface area (Å²) in [6.45, 7) is -0.389. The van der Waals surface area contributed by atoms with Crippen molar-refractivity contribution in [3.05, 3.63) is 92.7 Å². The molecule has 0 fully saturated rings. The maximum Gasteiger partial charge on any atom is 0.270 e. The number of nitro benzene ring substituents is 1. The fourth-order valence-electron chi connectivity index (χ4n) is 2.97. The molecule has 3 aromatic carbocycles. The first-order chi connectivity index (χ1) is 16.3. The Balaban J connectivity index is 1.80. The molecule has 172 valence electrons. The Hall–Kier alpha value is -4.42. The van der Waals surface area contributed by atoms with Crippen LogP contribution >= 0.6 is 11.6 Å². The maximum absolute atomic E-state index is 13.0. The van der Waals surface area contributed by atoms with E-state index in [1.54, 1.807) is 12.1 Å². The van der Waals surface area contributed by atoms with Crippen LogP contribution in [-0.2, 0) is 4.79 Å². The van der Waals surface area contributed by atoms with Gasteiger partial charge in [-0.2, -0.15) is 5.26 Å². The van der Waals surface area contributed by atoms with E-state index in [9.17, 15) is 24.6 Å². The molecule has 0 saturated heterocycles. The fraction of sp³-hybridized carbons (Fsp3) is 0.0833. The van der Waals surface area contributed by atoms with Crippen LogP contribution in [0.25, 0.3) is 11.6 Å². The summed E-state index contributed by atoms with van der Waals surface area (Å²) in [4.78, 5) is 22.6. The van der Waals surface area contributed by atoms with Crippen LogP contribution in [0.1, 0.15) is 11.1 Å². The molecule has 0 radical (unpaired) electrons. The molecule has 0 bridgehead atoms. The van der Waals surface area contributed by atoms with Gasteiger partial charge in [-0.25, -0.2) is 4.39 Å². The molecule has 10 heteroatoms. The summed E-state index contributed by atoms with van der Waals surface area (Å²) in [5.74, 6) is -0.592. The van der Waals surface area contributed by atoms with Crippen molar-refractivity contribution in [3.63, 3.8) is 0 Å². The zero-order valence-electron chi connectivity index (χ0n) is 17.7. The molecule has 0 aliphatic carbocycles. The lowest BCUT2D eigenvalue weighted by atomic mass is 10.0. The van der Waals surface area contributed by atoms with Crippen LogP contribution in [0, 0.1) is 27.3 Å². The second-order valence-electron chi connectivity index (χ2n) is 6.86. The number of nitro groups is 1. The lowest BCUT2D eigenvalue weighted by molar-refractivity contribution is -0.384. The largest absolute Gasteiger partial charge is 0.493 e. The number of ether oxygens (including phenoxy) is 2. The van der Waals surface area contributed by atoms with E-state index in [1.165, 1.54) is 61.7 Å². The number of benzene rings is 3. The normalized spacial score (nSPS) is 10.8. The van der Waals surface area contributed by atoms with Gasteiger partial charge in [0.1, 0.15) is 5.82 Å². The van der Waals surface area contributed by atoms with Crippen LogP contribution in [0.4, 0.5) is 15.8 Å². The number of hydrogen-bond acceptors (Lipinski definition) is 6. The molecular formula is C24H17ClFN3O5. The Kier molecular flexibility index (Phi) is 7.79. The molecule has 1 N–H and O–H groups in total. The van der Waals surface area contributed by atoms with Crippen molar-refractivity contribution in [2.45, 2.75) is 0 Å². The zero-order chi connectivity index (χ0) is 24.7. The van der Waals surface area contributed by atoms with E-state index in [0.29, 0.717) is 16.8 Å². The molecule has 3 rings (SSSR count). The average Bonchev–Trinajstić information content (AvgIpc) is 2.83.